The molecule has 1 N–H and O–H groups in total. The number of likely N-dealkylation sites (tertiary alicyclic amines) is 1. The van der Waals surface area contributed by atoms with Crippen LogP contribution in [0.15, 0.2) is 41.4 Å². The SMILES string of the molecule is CCNC(=NCc1cccc(N2CC=CC2)c1)N1CCN(CC(=O)N2CCCCC2)CC1.I. The molecule has 3 aliphatic heterocycles. The fraction of sp³-hybridized carbons (Fsp3) is 0.600. The predicted molar refractivity (Wildman–Crippen MR) is 146 cm³/mol. The second-order valence-electron chi connectivity index (χ2n) is 8.92. The lowest BCUT2D eigenvalue weighted by Crippen LogP contribution is -2.54. The van der Waals surface area contributed by atoms with Crippen LogP contribution in [-0.2, 0) is 11.3 Å². The van der Waals surface area contributed by atoms with E-state index in [0.29, 0.717) is 19.0 Å². The number of piperidine rings is 1. The van der Waals surface area contributed by atoms with Gasteiger partial charge in [0.25, 0.3) is 0 Å². The summed E-state index contributed by atoms with van der Waals surface area (Å²) >= 11 is 0. The third-order valence-electron chi connectivity index (χ3n) is 6.58. The zero-order valence-electron chi connectivity index (χ0n) is 19.9. The van der Waals surface area contributed by atoms with Crippen LogP contribution in [0.3, 0.4) is 0 Å². The first kappa shape index (κ1) is 25.8. The van der Waals surface area contributed by atoms with Gasteiger partial charge >= 0.3 is 0 Å². The van der Waals surface area contributed by atoms with E-state index in [4.69, 9.17) is 4.99 Å². The Morgan fingerprint density at radius 1 is 0.970 bits per heavy atom. The molecule has 0 bridgehead atoms. The van der Waals surface area contributed by atoms with E-state index in [1.54, 1.807) is 0 Å². The summed E-state index contributed by atoms with van der Waals surface area (Å²) < 4.78 is 0. The number of halogens is 1. The molecule has 1 amide bonds. The topological polar surface area (TPSA) is 54.4 Å². The minimum Gasteiger partial charge on any atom is -0.364 e. The Bertz CT molecular complexity index is 807. The number of aliphatic imine (C=N–C) groups is 1. The van der Waals surface area contributed by atoms with Crippen LogP contribution < -0.4 is 10.2 Å². The van der Waals surface area contributed by atoms with Gasteiger partial charge in [-0.15, -0.1) is 24.0 Å². The Morgan fingerprint density at radius 2 is 1.70 bits per heavy atom. The fourth-order valence-corrected chi connectivity index (χ4v) is 4.68. The van der Waals surface area contributed by atoms with Crippen molar-refractivity contribution in [3.8, 4) is 0 Å². The summed E-state index contributed by atoms with van der Waals surface area (Å²) in [5.41, 5.74) is 2.50. The number of anilines is 1. The molecule has 3 aliphatic rings. The maximum Gasteiger partial charge on any atom is 0.236 e. The minimum absolute atomic E-state index is 0. The van der Waals surface area contributed by atoms with Crippen molar-refractivity contribution in [3.63, 3.8) is 0 Å². The largest absolute Gasteiger partial charge is 0.364 e. The summed E-state index contributed by atoms with van der Waals surface area (Å²) in [7, 11) is 0. The number of guanidine groups is 1. The molecule has 8 heteroatoms. The zero-order chi connectivity index (χ0) is 22.2. The molecule has 182 valence electrons. The number of rotatable bonds is 6. The van der Waals surface area contributed by atoms with E-state index in [0.717, 1.165) is 77.7 Å². The molecule has 0 aromatic heterocycles. The molecular weight excluding hydrogens is 527 g/mol. The summed E-state index contributed by atoms with van der Waals surface area (Å²) in [6.45, 7) is 11.7. The van der Waals surface area contributed by atoms with Crippen LogP contribution in [0, 0.1) is 0 Å². The maximum atomic E-state index is 12.6. The van der Waals surface area contributed by atoms with Gasteiger partial charge in [-0.25, -0.2) is 4.99 Å². The zero-order valence-corrected chi connectivity index (χ0v) is 22.2. The van der Waals surface area contributed by atoms with Gasteiger partial charge in [-0.1, -0.05) is 24.3 Å². The van der Waals surface area contributed by atoms with Gasteiger partial charge in [0.2, 0.25) is 5.91 Å². The first-order chi connectivity index (χ1) is 15.7. The third kappa shape index (κ3) is 7.34. The minimum atomic E-state index is 0. The monoisotopic (exact) mass is 566 g/mol. The van der Waals surface area contributed by atoms with Crippen molar-refractivity contribution in [2.75, 3.05) is 70.3 Å². The average Bonchev–Trinajstić information content (AvgIpc) is 3.38. The van der Waals surface area contributed by atoms with Crippen molar-refractivity contribution in [2.24, 2.45) is 4.99 Å². The molecular formula is C25H39IN6O. The number of carbonyl (C=O) groups excluding carboxylic acids is 1. The van der Waals surface area contributed by atoms with Crippen molar-refractivity contribution in [2.45, 2.75) is 32.7 Å². The lowest BCUT2D eigenvalue weighted by Gasteiger charge is -2.37. The molecule has 3 heterocycles. The third-order valence-corrected chi connectivity index (χ3v) is 6.58. The number of amides is 1. The lowest BCUT2D eigenvalue weighted by atomic mass is 10.1. The highest BCUT2D eigenvalue weighted by molar-refractivity contribution is 14.0. The fourth-order valence-electron chi connectivity index (χ4n) is 4.68. The van der Waals surface area contributed by atoms with E-state index >= 15 is 0 Å². The van der Waals surface area contributed by atoms with Crippen LogP contribution in [0.25, 0.3) is 0 Å². The number of hydrogen-bond acceptors (Lipinski definition) is 4. The van der Waals surface area contributed by atoms with Crippen LogP contribution >= 0.6 is 24.0 Å². The van der Waals surface area contributed by atoms with Crippen molar-refractivity contribution < 1.29 is 4.79 Å². The van der Waals surface area contributed by atoms with Crippen LogP contribution in [0.1, 0.15) is 31.7 Å². The van der Waals surface area contributed by atoms with E-state index < -0.39 is 0 Å². The molecule has 4 rings (SSSR count). The van der Waals surface area contributed by atoms with E-state index in [9.17, 15) is 4.79 Å². The highest BCUT2D eigenvalue weighted by Gasteiger charge is 2.24. The molecule has 2 fully saturated rings. The summed E-state index contributed by atoms with van der Waals surface area (Å²) in [5, 5.41) is 3.46. The molecule has 0 saturated carbocycles. The van der Waals surface area contributed by atoms with Crippen molar-refractivity contribution in [1.29, 1.82) is 0 Å². The van der Waals surface area contributed by atoms with Gasteiger partial charge in [0.05, 0.1) is 13.1 Å². The van der Waals surface area contributed by atoms with Gasteiger partial charge < -0.3 is 20.0 Å². The van der Waals surface area contributed by atoms with Crippen LogP contribution in [0.2, 0.25) is 0 Å². The van der Waals surface area contributed by atoms with Gasteiger partial charge in [0, 0.05) is 64.6 Å². The molecule has 0 unspecified atom stereocenters. The first-order valence-corrected chi connectivity index (χ1v) is 12.2. The highest BCUT2D eigenvalue weighted by Crippen LogP contribution is 2.19. The Balaban J connectivity index is 0.00000306. The number of benzene rings is 1. The van der Waals surface area contributed by atoms with Crippen LogP contribution in [0.4, 0.5) is 5.69 Å². The Morgan fingerprint density at radius 3 is 2.39 bits per heavy atom. The average molecular weight is 567 g/mol. The van der Waals surface area contributed by atoms with Crippen molar-refractivity contribution in [1.82, 2.24) is 20.0 Å². The van der Waals surface area contributed by atoms with E-state index in [2.05, 4.69) is 63.4 Å². The Labute approximate surface area is 215 Å². The molecule has 0 spiro atoms. The highest BCUT2D eigenvalue weighted by atomic mass is 127. The second-order valence-corrected chi connectivity index (χ2v) is 8.92. The van der Waals surface area contributed by atoms with Gasteiger partial charge in [-0.3, -0.25) is 9.69 Å². The number of piperazine rings is 1. The Hall–Kier alpha value is -1.81. The lowest BCUT2D eigenvalue weighted by molar-refractivity contribution is -0.133. The van der Waals surface area contributed by atoms with Crippen molar-refractivity contribution in [3.05, 3.63) is 42.0 Å². The molecule has 2 saturated heterocycles. The molecule has 1 aromatic rings. The number of carbonyl (C=O) groups is 1. The molecule has 0 radical (unpaired) electrons. The predicted octanol–water partition coefficient (Wildman–Crippen LogP) is 2.78. The summed E-state index contributed by atoms with van der Waals surface area (Å²) in [5.74, 6) is 1.27. The smallest absolute Gasteiger partial charge is 0.236 e. The first-order valence-electron chi connectivity index (χ1n) is 12.2. The summed E-state index contributed by atoms with van der Waals surface area (Å²) in [6.07, 6.45) is 8.00. The van der Waals surface area contributed by atoms with Crippen LogP contribution in [-0.4, -0.2) is 92.0 Å². The van der Waals surface area contributed by atoms with Gasteiger partial charge in [-0.2, -0.15) is 0 Å². The quantitative estimate of drug-likeness (QED) is 0.249. The van der Waals surface area contributed by atoms with Crippen molar-refractivity contribution >= 4 is 41.5 Å². The second kappa shape index (κ2) is 13.2. The Kier molecular flexibility index (Phi) is 10.3. The van der Waals surface area contributed by atoms with Crippen LogP contribution in [0.5, 0.6) is 0 Å². The normalized spacial score (nSPS) is 19.5. The molecule has 33 heavy (non-hydrogen) atoms. The standard InChI is InChI=1S/C25H38N6O.HI/c1-2-26-25(27-20-22-9-8-10-23(19-22)29-11-6-7-12-29)31-17-15-28(16-18-31)21-24(32)30-13-4-3-5-14-30;/h6-10,19H,2-5,11-18,20-21H2,1H3,(H,26,27);1H. The summed E-state index contributed by atoms with van der Waals surface area (Å²) in [6, 6.07) is 8.72. The van der Waals surface area contributed by atoms with E-state index in [-0.39, 0.29) is 24.0 Å². The number of nitrogens with one attached hydrogen (secondary N) is 1. The van der Waals surface area contributed by atoms with Gasteiger partial charge in [-0.05, 0) is 43.9 Å². The molecule has 0 atom stereocenters. The maximum absolute atomic E-state index is 12.6. The molecule has 1 aromatic carbocycles. The number of nitrogens with zero attached hydrogens (tertiary/aromatic N) is 5. The molecule has 7 nitrogen and oxygen atoms in total. The van der Waals surface area contributed by atoms with Gasteiger partial charge in [0.15, 0.2) is 5.96 Å². The van der Waals surface area contributed by atoms with Gasteiger partial charge in [0.1, 0.15) is 0 Å². The number of hydrogen-bond donors (Lipinski definition) is 1. The molecule has 0 aliphatic carbocycles. The van der Waals surface area contributed by atoms with E-state index in [1.807, 2.05) is 4.90 Å². The summed E-state index contributed by atoms with van der Waals surface area (Å²) in [4.78, 5) is 26.6. The van der Waals surface area contributed by atoms with E-state index in [1.165, 1.54) is 17.7 Å².